The van der Waals surface area contributed by atoms with E-state index in [4.69, 9.17) is 14.0 Å². The Balaban J connectivity index is 1.53. The van der Waals surface area contributed by atoms with Crippen molar-refractivity contribution in [3.63, 3.8) is 0 Å². The number of amides is 2. The maximum atomic E-state index is 13.0. The van der Waals surface area contributed by atoms with Crippen LogP contribution in [-0.2, 0) is 18.8 Å². The maximum Gasteiger partial charge on any atom is 0.498 e. The summed E-state index contributed by atoms with van der Waals surface area (Å²) in [5, 5.41) is 3.28. The summed E-state index contributed by atoms with van der Waals surface area (Å²) < 4.78 is 17.4. The molecule has 11 heteroatoms. The van der Waals surface area contributed by atoms with Gasteiger partial charge in [0.05, 0.1) is 11.2 Å². The monoisotopic (exact) mass is 492 g/mol. The molecule has 1 N–H and O–H groups in total. The van der Waals surface area contributed by atoms with Gasteiger partial charge in [-0.2, -0.15) is 0 Å². The lowest BCUT2D eigenvalue weighted by molar-refractivity contribution is -0.133. The van der Waals surface area contributed by atoms with Gasteiger partial charge < -0.3 is 24.3 Å². The van der Waals surface area contributed by atoms with Crippen molar-refractivity contribution in [1.29, 1.82) is 0 Å². The lowest BCUT2D eigenvalue weighted by Crippen LogP contribution is -2.50. The van der Waals surface area contributed by atoms with Gasteiger partial charge >= 0.3 is 13.2 Å². The molecular formula is C23H37BN4O5S. The predicted octanol–water partition coefficient (Wildman–Crippen LogP) is 2.77. The molecule has 2 fully saturated rings. The fourth-order valence-electron chi connectivity index (χ4n) is 3.77. The Labute approximate surface area is 207 Å². The third-order valence-corrected chi connectivity index (χ3v) is 7.36. The van der Waals surface area contributed by atoms with Crippen molar-refractivity contribution in [2.45, 2.75) is 102 Å². The van der Waals surface area contributed by atoms with Crippen LogP contribution in [0.3, 0.4) is 0 Å². The lowest BCUT2D eigenvalue weighted by atomic mass is 9.81. The molecule has 1 aromatic heterocycles. The highest BCUT2D eigenvalue weighted by atomic mass is 32.2. The summed E-state index contributed by atoms with van der Waals surface area (Å²) in [6.07, 6.45) is 4.72. The quantitative estimate of drug-likeness (QED) is 0.368. The van der Waals surface area contributed by atoms with Crippen LogP contribution in [0.5, 0.6) is 0 Å². The molecule has 2 aliphatic heterocycles. The summed E-state index contributed by atoms with van der Waals surface area (Å²) in [6, 6.07) is -0.595. The van der Waals surface area contributed by atoms with Crippen LogP contribution in [-0.4, -0.2) is 75.2 Å². The molecule has 34 heavy (non-hydrogen) atoms. The predicted molar refractivity (Wildman–Crippen MR) is 132 cm³/mol. The zero-order chi connectivity index (χ0) is 25.3. The van der Waals surface area contributed by atoms with Gasteiger partial charge in [0, 0.05) is 36.2 Å². The molecular weight excluding hydrogens is 455 g/mol. The van der Waals surface area contributed by atoms with Gasteiger partial charge in [0.2, 0.25) is 5.91 Å². The van der Waals surface area contributed by atoms with Crippen LogP contribution >= 0.6 is 11.8 Å². The molecule has 3 heterocycles. The summed E-state index contributed by atoms with van der Waals surface area (Å²) in [5.74, 6) is 0.576. The Hall–Kier alpha value is -1.85. The number of ether oxygens (including phenoxy) is 1. The van der Waals surface area contributed by atoms with E-state index in [0.29, 0.717) is 17.5 Å². The van der Waals surface area contributed by atoms with E-state index in [1.165, 1.54) is 11.8 Å². The topological polar surface area (TPSA) is 103 Å². The average molecular weight is 492 g/mol. The fraction of sp³-hybridized carbons (Fsp3) is 0.739. The molecule has 9 nitrogen and oxygen atoms in total. The van der Waals surface area contributed by atoms with Gasteiger partial charge in [-0.3, -0.25) is 4.79 Å². The highest BCUT2D eigenvalue weighted by Gasteiger charge is 2.52. The normalized spacial score (nSPS) is 22.5. The van der Waals surface area contributed by atoms with Crippen molar-refractivity contribution in [2.24, 2.45) is 0 Å². The minimum Gasteiger partial charge on any atom is -0.444 e. The number of carbonyl (C=O) groups is 2. The number of nitrogens with zero attached hydrogens (tertiary/aromatic N) is 3. The molecule has 188 valence electrons. The van der Waals surface area contributed by atoms with Gasteiger partial charge in [-0.05, 0) is 68.2 Å². The van der Waals surface area contributed by atoms with Crippen molar-refractivity contribution >= 4 is 36.3 Å². The van der Waals surface area contributed by atoms with E-state index >= 15 is 0 Å². The summed E-state index contributed by atoms with van der Waals surface area (Å²) >= 11 is 1.51. The van der Waals surface area contributed by atoms with Gasteiger partial charge in [-0.15, -0.1) is 0 Å². The second-order valence-corrected chi connectivity index (χ2v) is 11.9. The van der Waals surface area contributed by atoms with Crippen molar-refractivity contribution in [2.75, 3.05) is 12.3 Å². The number of nitrogens with one attached hydrogen (secondary N) is 1. The molecule has 0 saturated carbocycles. The van der Waals surface area contributed by atoms with Crippen LogP contribution in [0.2, 0.25) is 0 Å². The van der Waals surface area contributed by atoms with Crippen LogP contribution in [0, 0.1) is 0 Å². The summed E-state index contributed by atoms with van der Waals surface area (Å²) in [4.78, 5) is 35.8. The zero-order valence-electron chi connectivity index (χ0n) is 21.5. The van der Waals surface area contributed by atoms with Gasteiger partial charge in [0.1, 0.15) is 11.6 Å². The van der Waals surface area contributed by atoms with Gasteiger partial charge in [0.15, 0.2) is 5.16 Å². The van der Waals surface area contributed by atoms with Crippen LogP contribution in [0.1, 0.15) is 68.2 Å². The number of carbonyl (C=O) groups excluding carboxylic acids is 2. The van der Waals surface area contributed by atoms with Crippen molar-refractivity contribution in [3.8, 4) is 0 Å². The number of hydrogen-bond donors (Lipinski definition) is 1. The highest BCUT2D eigenvalue weighted by molar-refractivity contribution is 7.99. The van der Waals surface area contributed by atoms with Gasteiger partial charge in [-0.1, -0.05) is 11.8 Å². The molecule has 0 bridgehead atoms. The van der Waals surface area contributed by atoms with Crippen LogP contribution < -0.4 is 10.8 Å². The van der Waals surface area contributed by atoms with E-state index in [1.54, 1.807) is 40.1 Å². The third-order valence-electron chi connectivity index (χ3n) is 6.34. The Kier molecular flexibility index (Phi) is 7.89. The SMILES string of the molecule is C[C@H](NC(=O)OC(C)(C)C)C(=O)N1CCC[C@@H]1CSc1ncc(B2OC(C)(C)C(C)(C)O2)cn1. The maximum absolute atomic E-state index is 13.0. The summed E-state index contributed by atoms with van der Waals surface area (Å²) in [5.41, 5.74) is -0.668. The van der Waals surface area contributed by atoms with E-state index in [1.807, 2.05) is 32.6 Å². The first-order valence-corrected chi connectivity index (χ1v) is 12.8. The average Bonchev–Trinajstić information content (AvgIpc) is 3.26. The van der Waals surface area contributed by atoms with Crippen molar-refractivity contribution in [1.82, 2.24) is 20.2 Å². The molecule has 0 aliphatic carbocycles. The van der Waals surface area contributed by atoms with E-state index < -0.39 is 36.1 Å². The minimum absolute atomic E-state index is 0.0618. The Morgan fingerprint density at radius 3 is 2.38 bits per heavy atom. The fourth-order valence-corrected chi connectivity index (χ4v) is 4.71. The van der Waals surface area contributed by atoms with E-state index in [9.17, 15) is 9.59 Å². The van der Waals surface area contributed by atoms with Crippen LogP contribution in [0.25, 0.3) is 0 Å². The number of alkyl carbamates (subject to hydrolysis) is 1. The van der Waals surface area contributed by atoms with Gasteiger partial charge in [-0.25, -0.2) is 14.8 Å². The first kappa shape index (κ1) is 26.8. The van der Waals surface area contributed by atoms with Crippen LogP contribution in [0.4, 0.5) is 4.79 Å². The first-order chi connectivity index (χ1) is 15.7. The molecule has 2 atom stereocenters. The summed E-state index contributed by atoms with van der Waals surface area (Å²) in [6.45, 7) is 15.8. The largest absolute Gasteiger partial charge is 0.498 e. The van der Waals surface area contributed by atoms with Crippen molar-refractivity contribution < 1.29 is 23.6 Å². The molecule has 3 rings (SSSR count). The summed E-state index contributed by atoms with van der Waals surface area (Å²) in [7, 11) is -0.494. The number of rotatable bonds is 6. The smallest absolute Gasteiger partial charge is 0.444 e. The highest BCUT2D eigenvalue weighted by Crippen LogP contribution is 2.36. The number of likely N-dealkylation sites (tertiary alicyclic amines) is 1. The molecule has 0 spiro atoms. The van der Waals surface area contributed by atoms with Crippen LogP contribution in [0.15, 0.2) is 17.6 Å². The minimum atomic E-state index is -0.657. The van der Waals surface area contributed by atoms with Gasteiger partial charge in [0.25, 0.3) is 0 Å². The third kappa shape index (κ3) is 6.43. The molecule has 2 aliphatic rings. The molecule has 0 aromatic carbocycles. The molecule has 0 unspecified atom stereocenters. The number of hydrogen-bond acceptors (Lipinski definition) is 8. The van der Waals surface area contributed by atoms with E-state index in [-0.39, 0.29) is 11.9 Å². The molecule has 1 aromatic rings. The Morgan fingerprint density at radius 2 is 1.82 bits per heavy atom. The molecule has 2 saturated heterocycles. The van der Waals surface area contributed by atoms with E-state index in [0.717, 1.165) is 18.3 Å². The first-order valence-electron chi connectivity index (χ1n) is 11.8. The number of thioether (sulfide) groups is 1. The van der Waals surface area contributed by atoms with E-state index in [2.05, 4.69) is 15.3 Å². The molecule has 2 amide bonds. The standard InChI is InChI=1S/C23H37BN4O5S/c1-15(27-20(30)31-21(2,3)4)18(29)28-11-9-10-17(28)14-34-19-25-12-16(13-26-19)24-32-22(5,6)23(7,8)33-24/h12-13,15,17H,9-11,14H2,1-8H3,(H,27,30)/t15-,17+/m0/s1. The second kappa shape index (κ2) is 10.0. The number of aromatic nitrogens is 2. The Bertz CT molecular complexity index is 874. The molecule has 0 radical (unpaired) electrons. The Morgan fingerprint density at radius 1 is 1.24 bits per heavy atom. The second-order valence-electron chi connectivity index (χ2n) is 10.9. The lowest BCUT2D eigenvalue weighted by Gasteiger charge is -2.32. The zero-order valence-corrected chi connectivity index (χ0v) is 22.3. The van der Waals surface area contributed by atoms with Crippen molar-refractivity contribution in [3.05, 3.63) is 12.4 Å².